The minimum Gasteiger partial charge on any atom is -0.369 e. The van der Waals surface area contributed by atoms with Crippen LogP contribution in [0.1, 0.15) is 51.7 Å². The molecule has 110 valence electrons. The lowest BCUT2D eigenvalue weighted by atomic mass is 9.63. The van der Waals surface area contributed by atoms with Crippen molar-refractivity contribution < 1.29 is 0 Å². The molecule has 1 fully saturated rings. The normalized spacial score (nSPS) is 24.3. The summed E-state index contributed by atoms with van der Waals surface area (Å²) in [6.07, 6.45) is 2.58. The Bertz CT molecular complexity index is 496. The van der Waals surface area contributed by atoms with Crippen LogP contribution in [0, 0.1) is 0 Å². The fraction of sp³-hybridized carbons (Fsp3) is 0.667. The van der Waals surface area contributed by atoms with Crippen molar-refractivity contribution in [2.45, 2.75) is 51.4 Å². The number of nitrogens with one attached hydrogen (secondary N) is 1. The molecule has 0 radical (unpaired) electrons. The van der Waals surface area contributed by atoms with Crippen LogP contribution in [0.5, 0.6) is 0 Å². The number of hydrogen-bond donors (Lipinski definition) is 1. The average molecular weight is 272 g/mol. The van der Waals surface area contributed by atoms with Crippen molar-refractivity contribution in [3.05, 3.63) is 29.3 Å². The fourth-order valence-corrected chi connectivity index (χ4v) is 3.70. The molecule has 0 saturated carbocycles. The van der Waals surface area contributed by atoms with Gasteiger partial charge < -0.3 is 10.2 Å². The number of benzene rings is 1. The van der Waals surface area contributed by atoms with Gasteiger partial charge in [0.05, 0.1) is 0 Å². The van der Waals surface area contributed by atoms with E-state index in [1.807, 2.05) is 0 Å². The topological polar surface area (TPSA) is 15.3 Å². The summed E-state index contributed by atoms with van der Waals surface area (Å²) in [5, 5.41) is 3.43. The SMILES string of the molecule is CC1(C)CCC(C)(C)c2cc(N3CCNCC3)ccc21. The van der Waals surface area contributed by atoms with Crippen LogP contribution in [0.15, 0.2) is 18.2 Å². The lowest BCUT2D eigenvalue weighted by Crippen LogP contribution is -2.43. The molecule has 1 aliphatic carbocycles. The van der Waals surface area contributed by atoms with Crippen molar-refractivity contribution >= 4 is 5.69 Å². The quantitative estimate of drug-likeness (QED) is 0.842. The summed E-state index contributed by atoms with van der Waals surface area (Å²) in [5.41, 5.74) is 5.19. The van der Waals surface area contributed by atoms with Gasteiger partial charge in [-0.05, 0) is 46.9 Å². The maximum Gasteiger partial charge on any atom is 0.0370 e. The molecule has 2 heteroatoms. The number of fused-ring (bicyclic) bond motifs is 1. The summed E-state index contributed by atoms with van der Waals surface area (Å²) < 4.78 is 0. The molecule has 1 aliphatic heterocycles. The monoisotopic (exact) mass is 272 g/mol. The predicted molar refractivity (Wildman–Crippen MR) is 86.8 cm³/mol. The molecule has 1 aromatic carbocycles. The lowest BCUT2D eigenvalue weighted by molar-refractivity contribution is 0.332. The molecule has 1 saturated heterocycles. The van der Waals surface area contributed by atoms with E-state index in [0.717, 1.165) is 26.2 Å². The first kappa shape index (κ1) is 13.9. The Hall–Kier alpha value is -1.02. The van der Waals surface area contributed by atoms with E-state index in [-0.39, 0.29) is 0 Å². The van der Waals surface area contributed by atoms with Gasteiger partial charge in [0, 0.05) is 31.9 Å². The van der Waals surface area contributed by atoms with Gasteiger partial charge in [0.1, 0.15) is 0 Å². The van der Waals surface area contributed by atoms with Crippen LogP contribution < -0.4 is 10.2 Å². The van der Waals surface area contributed by atoms with Crippen molar-refractivity contribution in [3.63, 3.8) is 0 Å². The van der Waals surface area contributed by atoms with Crippen molar-refractivity contribution in [1.29, 1.82) is 0 Å². The van der Waals surface area contributed by atoms with Gasteiger partial charge >= 0.3 is 0 Å². The highest BCUT2D eigenvalue weighted by Crippen LogP contribution is 2.46. The van der Waals surface area contributed by atoms with E-state index < -0.39 is 0 Å². The third-order valence-corrected chi connectivity index (χ3v) is 5.32. The fourth-order valence-electron chi connectivity index (χ4n) is 3.70. The summed E-state index contributed by atoms with van der Waals surface area (Å²) in [5.74, 6) is 0. The number of nitrogens with zero attached hydrogens (tertiary/aromatic N) is 1. The van der Waals surface area contributed by atoms with Gasteiger partial charge in [-0.15, -0.1) is 0 Å². The van der Waals surface area contributed by atoms with Crippen molar-refractivity contribution in [1.82, 2.24) is 5.32 Å². The van der Waals surface area contributed by atoms with Crippen molar-refractivity contribution in [3.8, 4) is 0 Å². The molecule has 0 spiro atoms. The molecule has 0 amide bonds. The Labute approximate surface area is 123 Å². The van der Waals surface area contributed by atoms with Gasteiger partial charge in [-0.25, -0.2) is 0 Å². The number of anilines is 1. The zero-order chi connectivity index (χ0) is 14.4. The summed E-state index contributed by atoms with van der Waals surface area (Å²) in [4.78, 5) is 2.52. The Balaban J connectivity index is 2.01. The molecular weight excluding hydrogens is 244 g/mol. The number of hydrogen-bond acceptors (Lipinski definition) is 2. The van der Waals surface area contributed by atoms with E-state index >= 15 is 0 Å². The second kappa shape index (κ2) is 4.77. The molecule has 0 unspecified atom stereocenters. The summed E-state index contributed by atoms with van der Waals surface area (Å²) in [6.45, 7) is 14.1. The minimum absolute atomic E-state index is 0.314. The Morgan fingerprint density at radius 1 is 0.900 bits per heavy atom. The van der Waals surface area contributed by atoms with Gasteiger partial charge in [0.2, 0.25) is 0 Å². The summed E-state index contributed by atoms with van der Waals surface area (Å²) in [7, 11) is 0. The highest BCUT2D eigenvalue weighted by molar-refractivity contribution is 5.55. The van der Waals surface area contributed by atoms with Gasteiger partial charge in [0.25, 0.3) is 0 Å². The molecule has 2 aliphatic rings. The predicted octanol–water partition coefficient (Wildman–Crippen LogP) is 3.45. The molecule has 1 aromatic rings. The maximum absolute atomic E-state index is 3.43. The molecule has 0 bridgehead atoms. The standard InChI is InChI=1S/C18H28N2/c1-17(2)7-8-18(3,4)16-13-14(5-6-15(16)17)20-11-9-19-10-12-20/h5-6,13,19H,7-12H2,1-4H3. The molecule has 3 rings (SSSR count). The maximum atomic E-state index is 3.43. The molecular formula is C18H28N2. The average Bonchev–Trinajstić information content (AvgIpc) is 2.45. The van der Waals surface area contributed by atoms with Crippen LogP contribution in [0.25, 0.3) is 0 Å². The third-order valence-electron chi connectivity index (χ3n) is 5.32. The van der Waals surface area contributed by atoms with Crippen molar-refractivity contribution in [2.24, 2.45) is 0 Å². The zero-order valence-electron chi connectivity index (χ0n) is 13.4. The van der Waals surface area contributed by atoms with Gasteiger partial charge in [0.15, 0.2) is 0 Å². The Kier molecular flexibility index (Phi) is 3.32. The minimum atomic E-state index is 0.314. The van der Waals surface area contributed by atoms with E-state index in [1.165, 1.54) is 18.5 Å². The van der Waals surface area contributed by atoms with Crippen LogP contribution in [-0.2, 0) is 10.8 Å². The van der Waals surface area contributed by atoms with E-state index in [2.05, 4.69) is 56.1 Å². The van der Waals surface area contributed by atoms with Gasteiger partial charge in [-0.2, -0.15) is 0 Å². The number of piperazine rings is 1. The van der Waals surface area contributed by atoms with Crippen molar-refractivity contribution in [2.75, 3.05) is 31.1 Å². The molecule has 0 aromatic heterocycles. The first-order valence-electron chi connectivity index (χ1n) is 8.01. The largest absolute Gasteiger partial charge is 0.369 e. The third kappa shape index (κ3) is 2.35. The van der Waals surface area contributed by atoms with Gasteiger partial charge in [-0.3, -0.25) is 0 Å². The van der Waals surface area contributed by atoms with E-state index in [9.17, 15) is 0 Å². The molecule has 0 atom stereocenters. The number of rotatable bonds is 1. The Morgan fingerprint density at radius 3 is 2.15 bits per heavy atom. The van der Waals surface area contributed by atoms with E-state index in [4.69, 9.17) is 0 Å². The van der Waals surface area contributed by atoms with Crippen LogP contribution in [0.4, 0.5) is 5.69 Å². The smallest absolute Gasteiger partial charge is 0.0370 e. The summed E-state index contributed by atoms with van der Waals surface area (Å²) >= 11 is 0. The van der Waals surface area contributed by atoms with Crippen LogP contribution >= 0.6 is 0 Å². The second-order valence-electron chi connectivity index (χ2n) is 7.73. The Morgan fingerprint density at radius 2 is 1.50 bits per heavy atom. The first-order valence-corrected chi connectivity index (χ1v) is 8.01. The van der Waals surface area contributed by atoms with Crippen LogP contribution in [-0.4, -0.2) is 26.2 Å². The van der Waals surface area contributed by atoms with Crippen LogP contribution in [0.3, 0.4) is 0 Å². The molecule has 2 nitrogen and oxygen atoms in total. The second-order valence-corrected chi connectivity index (χ2v) is 7.73. The van der Waals surface area contributed by atoms with Crippen LogP contribution in [0.2, 0.25) is 0 Å². The van der Waals surface area contributed by atoms with E-state index in [0.29, 0.717) is 10.8 Å². The lowest BCUT2D eigenvalue weighted by Gasteiger charge is -2.42. The zero-order valence-corrected chi connectivity index (χ0v) is 13.4. The molecule has 1 N–H and O–H groups in total. The first-order chi connectivity index (χ1) is 9.40. The van der Waals surface area contributed by atoms with E-state index in [1.54, 1.807) is 11.1 Å². The molecule has 20 heavy (non-hydrogen) atoms. The highest BCUT2D eigenvalue weighted by Gasteiger charge is 2.37. The highest BCUT2D eigenvalue weighted by atomic mass is 15.2. The molecule has 1 heterocycles. The summed E-state index contributed by atoms with van der Waals surface area (Å²) in [6, 6.07) is 7.21. The van der Waals surface area contributed by atoms with Gasteiger partial charge in [-0.1, -0.05) is 33.8 Å².